The van der Waals surface area contributed by atoms with E-state index in [0.29, 0.717) is 6.04 Å². The molecule has 2 rings (SSSR count). The van der Waals surface area contributed by atoms with Gasteiger partial charge in [0, 0.05) is 12.6 Å². The van der Waals surface area contributed by atoms with Gasteiger partial charge in [-0.15, -0.1) is 0 Å². The van der Waals surface area contributed by atoms with Crippen LogP contribution in [0, 0.1) is 11.8 Å². The first-order valence-corrected chi connectivity index (χ1v) is 7.23. The molecule has 1 aliphatic heterocycles. The summed E-state index contributed by atoms with van der Waals surface area (Å²) >= 11 is 0. The van der Waals surface area contributed by atoms with E-state index < -0.39 is 0 Å². The van der Waals surface area contributed by atoms with Gasteiger partial charge in [-0.1, -0.05) is 19.8 Å². The summed E-state index contributed by atoms with van der Waals surface area (Å²) in [6.07, 6.45) is 9.62. The van der Waals surface area contributed by atoms with E-state index in [4.69, 9.17) is 5.73 Å². The van der Waals surface area contributed by atoms with E-state index in [2.05, 4.69) is 11.8 Å². The van der Waals surface area contributed by atoms with Crippen LogP contribution in [0.1, 0.15) is 51.9 Å². The summed E-state index contributed by atoms with van der Waals surface area (Å²) in [5.74, 6) is 1.67. The van der Waals surface area contributed by atoms with Gasteiger partial charge >= 0.3 is 0 Å². The summed E-state index contributed by atoms with van der Waals surface area (Å²) < 4.78 is 0. The van der Waals surface area contributed by atoms with Crippen molar-refractivity contribution in [2.45, 2.75) is 57.9 Å². The molecule has 94 valence electrons. The minimum atomic E-state index is 0.472. The third-order valence-electron chi connectivity index (χ3n) is 4.49. The molecule has 2 aliphatic rings. The van der Waals surface area contributed by atoms with Crippen molar-refractivity contribution in [1.82, 2.24) is 4.90 Å². The Morgan fingerprint density at radius 2 is 1.75 bits per heavy atom. The lowest BCUT2D eigenvalue weighted by molar-refractivity contribution is 0.164. The molecule has 3 unspecified atom stereocenters. The van der Waals surface area contributed by atoms with Gasteiger partial charge in [-0.25, -0.2) is 0 Å². The maximum Gasteiger partial charge on any atom is 0.00795 e. The van der Waals surface area contributed by atoms with Gasteiger partial charge in [0.05, 0.1) is 0 Å². The smallest absolute Gasteiger partial charge is 0.00795 e. The SMILES string of the molecule is CC1CCC(N)C(CN2CCCCCC2)C1. The molecule has 2 N–H and O–H groups in total. The lowest BCUT2D eigenvalue weighted by Crippen LogP contribution is -2.43. The standard InChI is InChI=1S/C14H28N2/c1-12-6-7-14(15)13(10-12)11-16-8-4-2-3-5-9-16/h12-14H,2-11,15H2,1H3. The van der Waals surface area contributed by atoms with Gasteiger partial charge in [0.1, 0.15) is 0 Å². The maximum absolute atomic E-state index is 6.27. The summed E-state index contributed by atoms with van der Waals surface area (Å²) in [5, 5.41) is 0. The first-order chi connectivity index (χ1) is 7.75. The second-order valence-electron chi connectivity index (χ2n) is 6.06. The molecule has 0 aromatic rings. The number of nitrogens with two attached hydrogens (primary N) is 1. The van der Waals surface area contributed by atoms with Gasteiger partial charge in [0.25, 0.3) is 0 Å². The Morgan fingerprint density at radius 3 is 2.44 bits per heavy atom. The Labute approximate surface area is 101 Å². The fourth-order valence-corrected chi connectivity index (χ4v) is 3.38. The molecule has 1 aliphatic carbocycles. The van der Waals surface area contributed by atoms with Crippen molar-refractivity contribution in [2.24, 2.45) is 17.6 Å². The monoisotopic (exact) mass is 224 g/mol. The fourth-order valence-electron chi connectivity index (χ4n) is 3.38. The normalized spacial score (nSPS) is 38.2. The van der Waals surface area contributed by atoms with Crippen molar-refractivity contribution in [2.75, 3.05) is 19.6 Å². The van der Waals surface area contributed by atoms with Crippen molar-refractivity contribution in [3.63, 3.8) is 0 Å². The third kappa shape index (κ3) is 3.46. The predicted octanol–water partition coefficient (Wildman–Crippen LogP) is 2.63. The lowest BCUT2D eigenvalue weighted by atomic mass is 9.79. The van der Waals surface area contributed by atoms with Gasteiger partial charge in [0.15, 0.2) is 0 Å². The number of hydrogen-bond donors (Lipinski definition) is 1. The molecule has 2 heteroatoms. The molecule has 0 aromatic carbocycles. The molecule has 16 heavy (non-hydrogen) atoms. The summed E-state index contributed by atoms with van der Waals surface area (Å²) in [6, 6.07) is 0.472. The zero-order chi connectivity index (χ0) is 11.4. The van der Waals surface area contributed by atoms with Crippen LogP contribution in [0.15, 0.2) is 0 Å². The van der Waals surface area contributed by atoms with Gasteiger partial charge in [-0.2, -0.15) is 0 Å². The van der Waals surface area contributed by atoms with Crippen LogP contribution in [0.3, 0.4) is 0 Å². The van der Waals surface area contributed by atoms with E-state index in [1.54, 1.807) is 0 Å². The van der Waals surface area contributed by atoms with Gasteiger partial charge in [0.2, 0.25) is 0 Å². The maximum atomic E-state index is 6.27. The Morgan fingerprint density at radius 1 is 1.06 bits per heavy atom. The van der Waals surface area contributed by atoms with Crippen molar-refractivity contribution in [3.8, 4) is 0 Å². The summed E-state index contributed by atoms with van der Waals surface area (Å²) in [6.45, 7) is 6.29. The molecule has 1 saturated carbocycles. The van der Waals surface area contributed by atoms with Crippen LogP contribution in [0.5, 0.6) is 0 Å². The van der Waals surface area contributed by atoms with Crippen LogP contribution >= 0.6 is 0 Å². The molecule has 2 nitrogen and oxygen atoms in total. The van der Waals surface area contributed by atoms with E-state index in [1.807, 2.05) is 0 Å². The summed E-state index contributed by atoms with van der Waals surface area (Å²) in [7, 11) is 0. The van der Waals surface area contributed by atoms with Crippen LogP contribution in [0.2, 0.25) is 0 Å². The largest absolute Gasteiger partial charge is 0.327 e. The van der Waals surface area contributed by atoms with Gasteiger partial charge < -0.3 is 10.6 Å². The van der Waals surface area contributed by atoms with Crippen molar-refractivity contribution in [3.05, 3.63) is 0 Å². The van der Waals surface area contributed by atoms with Crippen LogP contribution in [0.25, 0.3) is 0 Å². The van der Waals surface area contributed by atoms with Crippen LogP contribution < -0.4 is 5.73 Å². The molecule has 0 bridgehead atoms. The summed E-state index contributed by atoms with van der Waals surface area (Å²) in [4.78, 5) is 2.68. The minimum Gasteiger partial charge on any atom is -0.327 e. The highest BCUT2D eigenvalue weighted by molar-refractivity contribution is 4.83. The second-order valence-corrected chi connectivity index (χ2v) is 6.06. The molecule has 0 amide bonds. The van der Waals surface area contributed by atoms with E-state index >= 15 is 0 Å². The first kappa shape index (κ1) is 12.4. The lowest BCUT2D eigenvalue weighted by Gasteiger charge is -2.36. The first-order valence-electron chi connectivity index (χ1n) is 7.23. The van der Waals surface area contributed by atoms with Crippen LogP contribution in [-0.4, -0.2) is 30.6 Å². The average molecular weight is 224 g/mol. The molecule has 1 heterocycles. The topological polar surface area (TPSA) is 29.3 Å². The number of nitrogens with zero attached hydrogens (tertiary/aromatic N) is 1. The minimum absolute atomic E-state index is 0.472. The molecular formula is C14H28N2. The number of rotatable bonds is 2. The highest BCUT2D eigenvalue weighted by Gasteiger charge is 2.27. The zero-order valence-electron chi connectivity index (χ0n) is 10.8. The summed E-state index contributed by atoms with van der Waals surface area (Å²) in [5.41, 5.74) is 6.27. The van der Waals surface area contributed by atoms with Crippen LogP contribution in [0.4, 0.5) is 0 Å². The van der Waals surface area contributed by atoms with Crippen LogP contribution in [-0.2, 0) is 0 Å². The predicted molar refractivity (Wildman–Crippen MR) is 69.4 cm³/mol. The Kier molecular flexibility index (Phi) is 4.66. The van der Waals surface area contributed by atoms with Gasteiger partial charge in [-0.3, -0.25) is 0 Å². The van der Waals surface area contributed by atoms with E-state index in [0.717, 1.165) is 11.8 Å². The highest BCUT2D eigenvalue weighted by atomic mass is 15.1. The Hall–Kier alpha value is -0.0800. The average Bonchev–Trinajstić information content (AvgIpc) is 2.52. The molecule has 0 radical (unpaired) electrons. The van der Waals surface area contributed by atoms with E-state index in [-0.39, 0.29) is 0 Å². The quantitative estimate of drug-likeness (QED) is 0.781. The van der Waals surface area contributed by atoms with E-state index in [1.165, 1.54) is 64.6 Å². The molecular weight excluding hydrogens is 196 g/mol. The molecule has 0 aromatic heterocycles. The van der Waals surface area contributed by atoms with Gasteiger partial charge in [-0.05, 0) is 57.0 Å². The third-order valence-corrected chi connectivity index (χ3v) is 4.49. The second kappa shape index (κ2) is 6.02. The Bertz CT molecular complexity index is 197. The molecule has 0 spiro atoms. The molecule has 2 fully saturated rings. The number of hydrogen-bond acceptors (Lipinski definition) is 2. The fraction of sp³-hybridized carbons (Fsp3) is 1.00. The highest BCUT2D eigenvalue weighted by Crippen LogP contribution is 2.29. The molecule has 3 atom stereocenters. The molecule has 1 saturated heterocycles. The van der Waals surface area contributed by atoms with Crippen molar-refractivity contribution in [1.29, 1.82) is 0 Å². The Balaban J connectivity index is 1.81. The number of likely N-dealkylation sites (tertiary alicyclic amines) is 1. The van der Waals surface area contributed by atoms with Crippen molar-refractivity contribution >= 4 is 0 Å². The zero-order valence-corrected chi connectivity index (χ0v) is 10.8. The van der Waals surface area contributed by atoms with E-state index in [9.17, 15) is 0 Å². The van der Waals surface area contributed by atoms with Crippen molar-refractivity contribution < 1.29 is 0 Å².